The first-order valence-corrected chi connectivity index (χ1v) is 9.02. The van der Waals surface area contributed by atoms with Crippen molar-refractivity contribution in [2.75, 3.05) is 46.8 Å². The summed E-state index contributed by atoms with van der Waals surface area (Å²) in [6, 6.07) is 1.75. The second kappa shape index (κ2) is 12.3. The van der Waals surface area contributed by atoms with Crippen LogP contribution in [-0.4, -0.2) is 67.9 Å². The number of nitrogens with zero attached hydrogens (tertiary/aromatic N) is 2. The zero-order valence-corrected chi connectivity index (χ0v) is 15.1. The van der Waals surface area contributed by atoms with Crippen LogP contribution in [0.25, 0.3) is 0 Å². The predicted octanol–water partition coefficient (Wildman–Crippen LogP) is 1.69. The quantitative estimate of drug-likeness (QED) is 0.572. The average Bonchev–Trinajstić information content (AvgIpc) is 2.67. The highest BCUT2D eigenvalue weighted by Crippen LogP contribution is 2.32. The molecule has 0 unspecified atom stereocenters. The topological polar surface area (TPSA) is 82.9 Å². The maximum Gasteiger partial charge on any atom is 0.131 e. The molecule has 0 aromatic carbocycles. The van der Waals surface area contributed by atoms with Gasteiger partial charge in [0.05, 0.1) is 58.0 Å². The summed E-state index contributed by atoms with van der Waals surface area (Å²) >= 11 is 0. The van der Waals surface area contributed by atoms with E-state index in [0.717, 1.165) is 31.5 Å². The Morgan fingerprint density at radius 1 is 1.00 bits per heavy atom. The van der Waals surface area contributed by atoms with Crippen LogP contribution in [0.2, 0.25) is 0 Å². The van der Waals surface area contributed by atoms with Crippen LogP contribution in [0.3, 0.4) is 0 Å². The van der Waals surface area contributed by atoms with Gasteiger partial charge in [0, 0.05) is 19.2 Å². The standard InChI is InChI=1S/C18H30N2O5/c1-22-8-9-23-10-11-24-12-13-25-17-4-2-15(3-5-17)18-19-7-6-16(14-21)20-18/h6-7,15,17,21H,2-5,8-14H2,1H3. The van der Waals surface area contributed by atoms with E-state index < -0.39 is 0 Å². The second-order valence-electron chi connectivity index (χ2n) is 6.13. The average molecular weight is 354 g/mol. The largest absolute Gasteiger partial charge is 0.390 e. The van der Waals surface area contributed by atoms with Crippen molar-refractivity contribution in [2.24, 2.45) is 0 Å². The van der Waals surface area contributed by atoms with Crippen LogP contribution in [0.15, 0.2) is 12.3 Å². The van der Waals surface area contributed by atoms with Crippen molar-refractivity contribution in [2.45, 2.75) is 44.3 Å². The molecule has 1 aromatic heterocycles. The molecule has 1 fully saturated rings. The summed E-state index contributed by atoms with van der Waals surface area (Å²) < 4.78 is 21.6. The van der Waals surface area contributed by atoms with E-state index >= 15 is 0 Å². The first-order valence-electron chi connectivity index (χ1n) is 9.02. The van der Waals surface area contributed by atoms with Gasteiger partial charge in [-0.1, -0.05) is 0 Å². The number of aliphatic hydroxyl groups is 1. The molecule has 1 aliphatic rings. The van der Waals surface area contributed by atoms with Crippen LogP contribution in [0.5, 0.6) is 0 Å². The molecule has 7 heteroatoms. The van der Waals surface area contributed by atoms with Gasteiger partial charge in [0.1, 0.15) is 5.82 Å². The molecule has 1 aliphatic carbocycles. The van der Waals surface area contributed by atoms with Crippen LogP contribution in [-0.2, 0) is 25.6 Å². The molecular weight excluding hydrogens is 324 g/mol. The predicted molar refractivity (Wildman–Crippen MR) is 92.4 cm³/mol. The summed E-state index contributed by atoms with van der Waals surface area (Å²) in [6.07, 6.45) is 6.09. The van der Waals surface area contributed by atoms with Crippen molar-refractivity contribution in [3.05, 3.63) is 23.8 Å². The number of ether oxygens (including phenoxy) is 4. The maximum atomic E-state index is 9.18. The van der Waals surface area contributed by atoms with Gasteiger partial charge in [-0.2, -0.15) is 0 Å². The number of hydrogen-bond donors (Lipinski definition) is 1. The fourth-order valence-corrected chi connectivity index (χ4v) is 2.92. The Hall–Kier alpha value is -1.12. The summed E-state index contributed by atoms with van der Waals surface area (Å²) in [5.41, 5.74) is 0.687. The SMILES string of the molecule is COCCOCCOCCOC1CCC(c2nccc(CO)n2)CC1. The van der Waals surface area contributed by atoms with Crippen molar-refractivity contribution >= 4 is 0 Å². The minimum absolute atomic E-state index is 0.0363. The van der Waals surface area contributed by atoms with Gasteiger partial charge < -0.3 is 24.1 Å². The van der Waals surface area contributed by atoms with Gasteiger partial charge in [-0.3, -0.25) is 0 Å². The summed E-state index contributed by atoms with van der Waals surface area (Å²) in [7, 11) is 1.66. The van der Waals surface area contributed by atoms with Crippen LogP contribution < -0.4 is 0 Å². The molecule has 0 amide bonds. The summed E-state index contributed by atoms with van der Waals surface area (Å²) in [5, 5.41) is 9.18. The summed E-state index contributed by atoms with van der Waals surface area (Å²) in [6.45, 7) is 3.55. The smallest absolute Gasteiger partial charge is 0.131 e. The van der Waals surface area contributed by atoms with Crippen LogP contribution >= 0.6 is 0 Å². The van der Waals surface area contributed by atoms with E-state index in [0.29, 0.717) is 57.4 Å². The van der Waals surface area contributed by atoms with E-state index in [1.54, 1.807) is 19.4 Å². The molecule has 1 N–H and O–H groups in total. The van der Waals surface area contributed by atoms with Gasteiger partial charge in [0.2, 0.25) is 0 Å². The van der Waals surface area contributed by atoms with Gasteiger partial charge in [-0.15, -0.1) is 0 Å². The normalized spacial score (nSPS) is 20.7. The first kappa shape index (κ1) is 20.2. The Balaban J connectivity index is 1.52. The molecule has 2 rings (SSSR count). The lowest BCUT2D eigenvalue weighted by Crippen LogP contribution is -2.23. The lowest BCUT2D eigenvalue weighted by atomic mass is 9.87. The monoisotopic (exact) mass is 354 g/mol. The Morgan fingerprint density at radius 2 is 1.68 bits per heavy atom. The molecule has 0 bridgehead atoms. The van der Waals surface area contributed by atoms with Crippen LogP contribution in [0.1, 0.15) is 43.1 Å². The maximum absolute atomic E-state index is 9.18. The molecular formula is C18H30N2O5. The summed E-state index contributed by atoms with van der Waals surface area (Å²) in [5.74, 6) is 1.22. The number of aromatic nitrogens is 2. The van der Waals surface area contributed by atoms with E-state index in [9.17, 15) is 5.11 Å². The van der Waals surface area contributed by atoms with E-state index in [1.165, 1.54) is 0 Å². The van der Waals surface area contributed by atoms with E-state index in [1.807, 2.05) is 0 Å². The third kappa shape index (κ3) is 7.75. The highest BCUT2D eigenvalue weighted by atomic mass is 16.6. The number of aliphatic hydroxyl groups excluding tert-OH is 1. The molecule has 0 aliphatic heterocycles. The number of hydrogen-bond acceptors (Lipinski definition) is 7. The Morgan fingerprint density at radius 3 is 2.36 bits per heavy atom. The van der Waals surface area contributed by atoms with Gasteiger partial charge in [-0.05, 0) is 31.7 Å². The Kier molecular flexibility index (Phi) is 9.91. The number of rotatable bonds is 12. The molecule has 0 atom stereocenters. The highest BCUT2D eigenvalue weighted by Gasteiger charge is 2.24. The lowest BCUT2D eigenvalue weighted by Gasteiger charge is -2.27. The van der Waals surface area contributed by atoms with Gasteiger partial charge in [0.25, 0.3) is 0 Å². The minimum atomic E-state index is -0.0363. The molecule has 25 heavy (non-hydrogen) atoms. The van der Waals surface area contributed by atoms with Crippen LogP contribution in [0, 0.1) is 0 Å². The van der Waals surface area contributed by atoms with Crippen molar-refractivity contribution in [3.63, 3.8) is 0 Å². The van der Waals surface area contributed by atoms with E-state index in [2.05, 4.69) is 9.97 Å². The minimum Gasteiger partial charge on any atom is -0.390 e. The van der Waals surface area contributed by atoms with E-state index in [-0.39, 0.29) is 6.61 Å². The molecule has 1 heterocycles. The molecule has 0 radical (unpaired) electrons. The van der Waals surface area contributed by atoms with E-state index in [4.69, 9.17) is 18.9 Å². The molecule has 0 saturated heterocycles. The van der Waals surface area contributed by atoms with Crippen molar-refractivity contribution < 1.29 is 24.1 Å². The zero-order chi connectivity index (χ0) is 17.7. The Bertz CT molecular complexity index is 467. The third-order valence-corrected chi connectivity index (χ3v) is 4.32. The second-order valence-corrected chi connectivity index (χ2v) is 6.13. The molecule has 0 spiro atoms. The number of methoxy groups -OCH3 is 1. The van der Waals surface area contributed by atoms with Gasteiger partial charge in [-0.25, -0.2) is 9.97 Å². The van der Waals surface area contributed by atoms with Crippen molar-refractivity contribution in [3.8, 4) is 0 Å². The summed E-state index contributed by atoms with van der Waals surface area (Å²) in [4.78, 5) is 8.78. The fourth-order valence-electron chi connectivity index (χ4n) is 2.92. The molecule has 7 nitrogen and oxygen atoms in total. The van der Waals surface area contributed by atoms with Gasteiger partial charge >= 0.3 is 0 Å². The van der Waals surface area contributed by atoms with Gasteiger partial charge in [0.15, 0.2) is 0 Å². The molecule has 142 valence electrons. The highest BCUT2D eigenvalue weighted by molar-refractivity contribution is 5.05. The van der Waals surface area contributed by atoms with Crippen LogP contribution in [0.4, 0.5) is 0 Å². The third-order valence-electron chi connectivity index (χ3n) is 4.32. The molecule has 1 aromatic rings. The lowest BCUT2D eigenvalue weighted by molar-refractivity contribution is -0.0269. The zero-order valence-electron chi connectivity index (χ0n) is 15.1. The first-order chi connectivity index (χ1) is 12.3. The van der Waals surface area contributed by atoms with Crippen molar-refractivity contribution in [1.29, 1.82) is 0 Å². The molecule has 1 saturated carbocycles. The Labute approximate surface area is 149 Å². The fraction of sp³-hybridized carbons (Fsp3) is 0.778. The van der Waals surface area contributed by atoms with Crippen molar-refractivity contribution in [1.82, 2.24) is 9.97 Å².